The van der Waals surface area contributed by atoms with E-state index in [2.05, 4.69) is 10.3 Å². The van der Waals surface area contributed by atoms with Gasteiger partial charge in [-0.1, -0.05) is 71.8 Å². The number of amides is 1. The van der Waals surface area contributed by atoms with E-state index in [9.17, 15) is 14.7 Å². The fraction of sp³-hybridized carbons (Fsp3) is 0.160. The number of benzene rings is 2. The van der Waals surface area contributed by atoms with Crippen LogP contribution in [0.5, 0.6) is 0 Å². The first-order valence-corrected chi connectivity index (χ1v) is 10.8. The number of hydrogen-bond donors (Lipinski definition) is 1. The van der Waals surface area contributed by atoms with Crippen LogP contribution in [-0.2, 0) is 9.53 Å². The third-order valence-corrected chi connectivity index (χ3v) is 5.55. The summed E-state index contributed by atoms with van der Waals surface area (Å²) in [5, 5.41) is 14.2. The molecule has 0 aliphatic rings. The quantitative estimate of drug-likeness (QED) is 0.438. The number of nitrogens with one attached hydrogen (secondary N) is 1. The summed E-state index contributed by atoms with van der Waals surface area (Å²) in [6, 6.07) is 14.8. The molecule has 0 fully saturated rings. The zero-order valence-corrected chi connectivity index (χ0v) is 22.2. The number of carboxylic acid groups (broad SMARTS) is 1. The summed E-state index contributed by atoms with van der Waals surface area (Å²) < 4.78 is 5.60. The predicted octanol–water partition coefficient (Wildman–Crippen LogP) is 1.08. The average Bonchev–Trinajstić information content (AvgIpc) is 2.80. The molecule has 34 heavy (non-hydrogen) atoms. The molecule has 0 radical (unpaired) electrons. The van der Waals surface area contributed by atoms with Gasteiger partial charge in [-0.25, -0.2) is 0 Å². The van der Waals surface area contributed by atoms with E-state index < -0.39 is 17.9 Å². The van der Waals surface area contributed by atoms with E-state index in [1.54, 1.807) is 37.7 Å². The van der Waals surface area contributed by atoms with E-state index in [1.165, 1.54) is 12.1 Å². The van der Waals surface area contributed by atoms with Crippen LogP contribution in [0, 0.1) is 0 Å². The van der Waals surface area contributed by atoms with E-state index in [1.807, 2.05) is 36.4 Å². The summed E-state index contributed by atoms with van der Waals surface area (Å²) >= 11 is 12.0. The predicted molar refractivity (Wildman–Crippen MR) is 126 cm³/mol. The number of halogens is 2. The second-order valence-electron chi connectivity index (χ2n) is 7.15. The Morgan fingerprint density at radius 3 is 2.29 bits per heavy atom. The van der Waals surface area contributed by atoms with Crippen molar-refractivity contribution in [2.45, 2.75) is 18.6 Å². The molecule has 6 nitrogen and oxygen atoms in total. The number of pyridine rings is 1. The minimum Gasteiger partial charge on any atom is -0.548 e. The molecule has 0 spiro atoms. The van der Waals surface area contributed by atoms with E-state index in [0.29, 0.717) is 0 Å². The van der Waals surface area contributed by atoms with Crippen molar-refractivity contribution in [3.8, 4) is 0 Å². The zero-order valence-electron chi connectivity index (χ0n) is 18.7. The molecular formula is C25H21Cl2N2NaO4. The molecule has 9 heteroatoms. The zero-order chi connectivity index (χ0) is 23.8. The summed E-state index contributed by atoms with van der Waals surface area (Å²) in [7, 11) is 1.63. The minimum absolute atomic E-state index is 0. The first-order chi connectivity index (χ1) is 15.9. The number of rotatable bonds is 9. The summed E-state index contributed by atoms with van der Waals surface area (Å²) in [4.78, 5) is 28.1. The summed E-state index contributed by atoms with van der Waals surface area (Å²) in [6.07, 6.45) is 6.65. The van der Waals surface area contributed by atoms with Crippen LogP contribution in [0.4, 0.5) is 0 Å². The number of nitrogens with zero attached hydrogens (tertiary/aromatic N) is 1. The van der Waals surface area contributed by atoms with Gasteiger partial charge in [-0.05, 0) is 35.7 Å². The van der Waals surface area contributed by atoms with Crippen molar-refractivity contribution in [3.05, 3.63) is 105 Å². The van der Waals surface area contributed by atoms with Crippen molar-refractivity contribution in [1.82, 2.24) is 10.3 Å². The Labute approximate surface area is 230 Å². The van der Waals surface area contributed by atoms with Gasteiger partial charge < -0.3 is 20.0 Å². The number of carbonyl (C=O) groups is 2. The Morgan fingerprint density at radius 1 is 1.06 bits per heavy atom. The number of aliphatic carboxylic acids is 1. The molecule has 0 aliphatic carbocycles. The van der Waals surface area contributed by atoms with Crippen LogP contribution < -0.4 is 40.0 Å². The maximum atomic E-state index is 12.5. The summed E-state index contributed by atoms with van der Waals surface area (Å²) in [5.74, 6) is -2.09. The van der Waals surface area contributed by atoms with Crippen LogP contribution in [0.25, 0.3) is 6.08 Å². The normalized spacial score (nSPS) is 12.6. The molecule has 1 heterocycles. The number of carboxylic acids is 1. The van der Waals surface area contributed by atoms with Crippen LogP contribution >= 0.6 is 23.2 Å². The molecule has 3 rings (SSSR count). The molecule has 1 N–H and O–H groups in total. The van der Waals surface area contributed by atoms with Crippen LogP contribution in [-0.4, -0.2) is 30.0 Å². The minimum atomic E-state index is -1.41. The topological polar surface area (TPSA) is 91.3 Å². The van der Waals surface area contributed by atoms with Gasteiger partial charge in [0.1, 0.15) is 6.10 Å². The van der Waals surface area contributed by atoms with E-state index in [0.717, 1.165) is 16.7 Å². The van der Waals surface area contributed by atoms with Gasteiger partial charge in [-0.3, -0.25) is 9.78 Å². The first-order valence-electron chi connectivity index (χ1n) is 10.1. The standard InChI is InChI=1S/C25H22Cl2N2O4.Na/c1-33-23(18-6-4-14-28-15-18)17-12-10-16(11-13-17)5-2-9-21(25(31)32)29-24(30)22-19(26)7-3-8-20(22)27;/h2-8,10-15,21,23H,9H2,1H3,(H,29,30)(H,31,32);/q;+1/p-1/b5-2+;. The number of ether oxygens (including phenoxy) is 1. The van der Waals surface area contributed by atoms with Crippen molar-refractivity contribution >= 4 is 41.2 Å². The number of methoxy groups -OCH3 is 1. The van der Waals surface area contributed by atoms with Crippen molar-refractivity contribution in [3.63, 3.8) is 0 Å². The number of hydrogen-bond acceptors (Lipinski definition) is 5. The molecule has 170 valence electrons. The molecule has 1 aromatic heterocycles. The second-order valence-corrected chi connectivity index (χ2v) is 7.96. The van der Waals surface area contributed by atoms with E-state index in [-0.39, 0.29) is 57.7 Å². The fourth-order valence-electron chi connectivity index (χ4n) is 3.28. The van der Waals surface area contributed by atoms with E-state index >= 15 is 0 Å². The van der Waals surface area contributed by atoms with Gasteiger partial charge in [0.25, 0.3) is 5.91 Å². The Kier molecular flexibility index (Phi) is 11.2. The van der Waals surface area contributed by atoms with Gasteiger partial charge >= 0.3 is 29.6 Å². The Balaban J connectivity index is 0.00000408. The second kappa shape index (κ2) is 13.6. The van der Waals surface area contributed by atoms with Gasteiger partial charge in [0.15, 0.2) is 0 Å². The van der Waals surface area contributed by atoms with Crippen molar-refractivity contribution < 1.29 is 49.0 Å². The Bertz CT molecular complexity index is 1120. The largest absolute Gasteiger partial charge is 1.00 e. The smallest absolute Gasteiger partial charge is 0.548 e. The first kappa shape index (κ1) is 28.1. The van der Waals surface area contributed by atoms with Crippen LogP contribution in [0.2, 0.25) is 10.0 Å². The van der Waals surface area contributed by atoms with Gasteiger partial charge in [-0.15, -0.1) is 0 Å². The monoisotopic (exact) mass is 506 g/mol. The third-order valence-electron chi connectivity index (χ3n) is 4.92. The molecule has 2 unspecified atom stereocenters. The molecule has 3 aromatic rings. The summed E-state index contributed by atoms with van der Waals surface area (Å²) in [6.45, 7) is 0. The van der Waals surface area contributed by atoms with Gasteiger partial charge in [0.2, 0.25) is 0 Å². The SMILES string of the molecule is COC(c1ccc(/C=C/CC(NC(=O)c2c(Cl)cccc2Cl)C(=O)[O-])cc1)c1cccnc1.[Na+]. The van der Waals surface area contributed by atoms with Crippen LogP contribution in [0.3, 0.4) is 0 Å². The third kappa shape index (κ3) is 7.40. The molecule has 1 amide bonds. The number of aromatic nitrogens is 1. The maximum absolute atomic E-state index is 12.5. The summed E-state index contributed by atoms with van der Waals surface area (Å²) in [5.41, 5.74) is 2.78. The Morgan fingerprint density at radius 2 is 1.74 bits per heavy atom. The van der Waals surface area contributed by atoms with Crippen molar-refractivity contribution in [1.29, 1.82) is 0 Å². The number of carbonyl (C=O) groups excluding carboxylic acids is 2. The molecule has 0 saturated carbocycles. The molecule has 0 saturated heterocycles. The molecular weight excluding hydrogens is 486 g/mol. The van der Waals surface area contributed by atoms with Gasteiger partial charge in [-0.2, -0.15) is 0 Å². The van der Waals surface area contributed by atoms with E-state index in [4.69, 9.17) is 27.9 Å². The van der Waals surface area contributed by atoms with Crippen molar-refractivity contribution in [2.75, 3.05) is 7.11 Å². The average molecular weight is 507 g/mol. The molecule has 2 aromatic carbocycles. The van der Waals surface area contributed by atoms with Crippen LogP contribution in [0.1, 0.15) is 39.6 Å². The van der Waals surface area contributed by atoms with Crippen molar-refractivity contribution in [2.24, 2.45) is 0 Å². The van der Waals surface area contributed by atoms with Gasteiger partial charge in [0, 0.05) is 25.1 Å². The maximum Gasteiger partial charge on any atom is 1.00 e. The Hall–Kier alpha value is -2.19. The molecule has 0 bridgehead atoms. The van der Waals surface area contributed by atoms with Gasteiger partial charge in [0.05, 0.1) is 27.6 Å². The molecule has 0 aliphatic heterocycles. The van der Waals surface area contributed by atoms with Crippen LogP contribution in [0.15, 0.2) is 73.1 Å². The molecule has 2 atom stereocenters. The fourth-order valence-corrected chi connectivity index (χ4v) is 3.85.